The number of aliphatic hydroxyl groups is 1. The minimum Gasteiger partial charge on any atom is -0.490 e. The molecule has 30 heavy (non-hydrogen) atoms. The third-order valence-electron chi connectivity index (χ3n) is 5.54. The standard InChI is InChI=1S/C20H22ClF3N4O2/c21-13-1-3-14(4-2-13)30-15-6-9-27(10-7-15)16-11-28(12-17(16)29)19-25-8-5-18(26-19)20(22,23)24/h1-5,8,15-17,29H,6-7,9-12H2/t16-,17-/m0/s1. The summed E-state index contributed by atoms with van der Waals surface area (Å²) < 4.78 is 44.8. The molecule has 6 nitrogen and oxygen atoms in total. The topological polar surface area (TPSA) is 61.7 Å². The monoisotopic (exact) mass is 442 g/mol. The third-order valence-corrected chi connectivity index (χ3v) is 5.79. The van der Waals surface area contributed by atoms with E-state index in [1.54, 1.807) is 17.0 Å². The average molecular weight is 443 g/mol. The maximum atomic E-state index is 12.9. The molecule has 2 fully saturated rings. The Hall–Kier alpha value is -2.10. The summed E-state index contributed by atoms with van der Waals surface area (Å²) in [5.74, 6) is 0.763. The van der Waals surface area contributed by atoms with E-state index in [2.05, 4.69) is 14.9 Å². The lowest BCUT2D eigenvalue weighted by atomic mass is 10.0. The van der Waals surface area contributed by atoms with E-state index in [4.69, 9.17) is 16.3 Å². The fourth-order valence-electron chi connectivity index (χ4n) is 3.98. The molecule has 162 valence electrons. The number of nitrogens with zero attached hydrogens (tertiary/aromatic N) is 4. The van der Waals surface area contributed by atoms with Gasteiger partial charge in [-0.1, -0.05) is 11.6 Å². The fourth-order valence-corrected chi connectivity index (χ4v) is 4.11. The first kappa shape index (κ1) is 21.1. The number of hydrogen-bond acceptors (Lipinski definition) is 6. The van der Waals surface area contributed by atoms with Gasteiger partial charge in [0.1, 0.15) is 17.5 Å². The van der Waals surface area contributed by atoms with Gasteiger partial charge in [0.25, 0.3) is 0 Å². The number of likely N-dealkylation sites (tertiary alicyclic amines) is 1. The Morgan fingerprint density at radius 1 is 1.07 bits per heavy atom. The van der Waals surface area contributed by atoms with Gasteiger partial charge in [0.15, 0.2) is 0 Å². The minimum atomic E-state index is -4.53. The molecule has 0 radical (unpaired) electrons. The maximum Gasteiger partial charge on any atom is 0.433 e. The Kier molecular flexibility index (Phi) is 6.04. The van der Waals surface area contributed by atoms with Crippen molar-refractivity contribution in [2.75, 3.05) is 31.1 Å². The second-order valence-electron chi connectivity index (χ2n) is 7.59. The summed E-state index contributed by atoms with van der Waals surface area (Å²) in [7, 11) is 0. The zero-order chi connectivity index (χ0) is 21.3. The number of halogens is 4. The van der Waals surface area contributed by atoms with Gasteiger partial charge < -0.3 is 14.7 Å². The molecular formula is C20H22ClF3N4O2. The van der Waals surface area contributed by atoms with Crippen molar-refractivity contribution in [3.05, 3.63) is 47.2 Å². The largest absolute Gasteiger partial charge is 0.490 e. The van der Waals surface area contributed by atoms with Gasteiger partial charge in [-0.25, -0.2) is 9.97 Å². The molecular weight excluding hydrogens is 421 g/mol. The third kappa shape index (κ3) is 4.79. The predicted molar refractivity (Wildman–Crippen MR) is 106 cm³/mol. The molecule has 2 aliphatic rings. The van der Waals surface area contributed by atoms with Crippen molar-refractivity contribution in [3.8, 4) is 5.75 Å². The second-order valence-corrected chi connectivity index (χ2v) is 8.02. The molecule has 1 N–H and O–H groups in total. The molecule has 1 aromatic heterocycles. The molecule has 0 amide bonds. The SMILES string of the molecule is O[C@H]1CN(c2nccc(C(F)(F)F)n2)C[C@@H]1N1CCC(Oc2ccc(Cl)cc2)CC1. The molecule has 1 aromatic carbocycles. The zero-order valence-electron chi connectivity index (χ0n) is 16.1. The lowest BCUT2D eigenvalue weighted by Crippen LogP contribution is -2.49. The quantitative estimate of drug-likeness (QED) is 0.784. The molecule has 4 rings (SSSR count). The van der Waals surface area contributed by atoms with E-state index in [9.17, 15) is 18.3 Å². The van der Waals surface area contributed by atoms with Gasteiger partial charge in [0.05, 0.1) is 12.1 Å². The summed E-state index contributed by atoms with van der Waals surface area (Å²) in [5.41, 5.74) is -0.981. The molecule has 2 aliphatic heterocycles. The molecule has 2 saturated heterocycles. The van der Waals surface area contributed by atoms with Gasteiger partial charge in [0, 0.05) is 37.4 Å². The van der Waals surface area contributed by atoms with Crippen LogP contribution in [0.1, 0.15) is 18.5 Å². The van der Waals surface area contributed by atoms with E-state index in [1.165, 1.54) is 0 Å². The van der Waals surface area contributed by atoms with Crippen molar-refractivity contribution in [2.24, 2.45) is 0 Å². The Morgan fingerprint density at radius 3 is 2.43 bits per heavy atom. The van der Waals surface area contributed by atoms with E-state index in [1.807, 2.05) is 12.1 Å². The first-order valence-electron chi connectivity index (χ1n) is 9.79. The summed E-state index contributed by atoms with van der Waals surface area (Å²) in [6.07, 6.45) is -2.44. The van der Waals surface area contributed by atoms with Crippen LogP contribution in [0.25, 0.3) is 0 Å². The van der Waals surface area contributed by atoms with Crippen LogP contribution in [0.2, 0.25) is 5.02 Å². The highest BCUT2D eigenvalue weighted by Gasteiger charge is 2.39. The zero-order valence-corrected chi connectivity index (χ0v) is 16.9. The van der Waals surface area contributed by atoms with Crippen molar-refractivity contribution in [3.63, 3.8) is 0 Å². The summed E-state index contributed by atoms with van der Waals surface area (Å²) >= 11 is 5.89. The lowest BCUT2D eigenvalue weighted by Gasteiger charge is -2.36. The highest BCUT2D eigenvalue weighted by Crippen LogP contribution is 2.30. The minimum absolute atomic E-state index is 0.00710. The van der Waals surface area contributed by atoms with Crippen molar-refractivity contribution in [1.82, 2.24) is 14.9 Å². The van der Waals surface area contributed by atoms with Crippen LogP contribution in [0, 0.1) is 0 Å². The number of piperidine rings is 1. The predicted octanol–water partition coefficient (Wildman–Crippen LogP) is 3.24. The molecule has 2 aromatic rings. The number of hydrogen-bond donors (Lipinski definition) is 1. The Labute approximate surface area is 177 Å². The Morgan fingerprint density at radius 2 is 1.77 bits per heavy atom. The van der Waals surface area contributed by atoms with Crippen molar-refractivity contribution in [2.45, 2.75) is 37.3 Å². The molecule has 3 heterocycles. The molecule has 2 atom stereocenters. The average Bonchev–Trinajstić information content (AvgIpc) is 3.11. The Balaban J connectivity index is 1.34. The number of benzene rings is 1. The summed E-state index contributed by atoms with van der Waals surface area (Å²) in [4.78, 5) is 11.4. The number of aromatic nitrogens is 2. The van der Waals surface area contributed by atoms with Crippen LogP contribution in [0.15, 0.2) is 36.5 Å². The number of alkyl halides is 3. The van der Waals surface area contributed by atoms with Gasteiger partial charge in [-0.05, 0) is 43.2 Å². The number of anilines is 1. The van der Waals surface area contributed by atoms with Crippen LogP contribution in [-0.4, -0.2) is 64.4 Å². The van der Waals surface area contributed by atoms with E-state index in [0.29, 0.717) is 11.6 Å². The van der Waals surface area contributed by atoms with Crippen LogP contribution in [-0.2, 0) is 6.18 Å². The van der Waals surface area contributed by atoms with E-state index in [-0.39, 0.29) is 24.6 Å². The summed E-state index contributed by atoms with van der Waals surface area (Å²) in [6, 6.07) is 7.90. The number of rotatable bonds is 4. The second kappa shape index (κ2) is 8.56. The van der Waals surface area contributed by atoms with Gasteiger partial charge in [-0.3, -0.25) is 4.90 Å². The van der Waals surface area contributed by atoms with Gasteiger partial charge in [0.2, 0.25) is 5.95 Å². The first-order valence-corrected chi connectivity index (χ1v) is 10.2. The normalized spacial score (nSPS) is 23.7. The van der Waals surface area contributed by atoms with Gasteiger partial charge in [-0.15, -0.1) is 0 Å². The number of ether oxygens (including phenoxy) is 1. The highest BCUT2D eigenvalue weighted by molar-refractivity contribution is 6.30. The van der Waals surface area contributed by atoms with Crippen LogP contribution in [0.4, 0.5) is 19.1 Å². The van der Waals surface area contributed by atoms with Gasteiger partial charge >= 0.3 is 6.18 Å². The summed E-state index contributed by atoms with van der Waals surface area (Å²) in [6.45, 7) is 2.05. The number of aliphatic hydroxyl groups excluding tert-OH is 1. The summed E-state index contributed by atoms with van der Waals surface area (Å²) in [5, 5.41) is 11.2. The van der Waals surface area contributed by atoms with Crippen LogP contribution in [0.5, 0.6) is 5.75 Å². The van der Waals surface area contributed by atoms with E-state index in [0.717, 1.165) is 43.9 Å². The molecule has 10 heteroatoms. The molecule has 0 aliphatic carbocycles. The maximum absolute atomic E-state index is 12.9. The fraction of sp³-hybridized carbons (Fsp3) is 0.500. The van der Waals surface area contributed by atoms with E-state index >= 15 is 0 Å². The van der Waals surface area contributed by atoms with Crippen LogP contribution < -0.4 is 9.64 Å². The lowest BCUT2D eigenvalue weighted by molar-refractivity contribution is -0.141. The van der Waals surface area contributed by atoms with Crippen LogP contribution in [0.3, 0.4) is 0 Å². The molecule has 0 saturated carbocycles. The van der Waals surface area contributed by atoms with Crippen molar-refractivity contribution >= 4 is 17.5 Å². The molecule has 0 bridgehead atoms. The van der Waals surface area contributed by atoms with Crippen LogP contribution >= 0.6 is 11.6 Å². The van der Waals surface area contributed by atoms with Gasteiger partial charge in [-0.2, -0.15) is 13.2 Å². The molecule has 0 unspecified atom stereocenters. The first-order chi connectivity index (χ1) is 14.3. The number of β-amino-alcohol motifs (C(OH)–C–C–N with tert-alkyl or cyclic N) is 1. The van der Waals surface area contributed by atoms with Crippen molar-refractivity contribution < 1.29 is 23.0 Å². The van der Waals surface area contributed by atoms with Crippen molar-refractivity contribution in [1.29, 1.82) is 0 Å². The highest BCUT2D eigenvalue weighted by atomic mass is 35.5. The Bertz CT molecular complexity index is 860. The smallest absolute Gasteiger partial charge is 0.433 e. The van der Waals surface area contributed by atoms with E-state index < -0.39 is 18.0 Å². The molecule has 0 spiro atoms.